The monoisotopic (exact) mass is 257 g/mol. The molecule has 0 amide bonds. The van der Waals surface area contributed by atoms with Gasteiger partial charge >= 0.3 is 5.97 Å². The van der Waals surface area contributed by atoms with Crippen LogP contribution >= 0.6 is 0 Å². The van der Waals surface area contributed by atoms with Crippen LogP contribution in [0.1, 0.15) is 46.5 Å². The van der Waals surface area contributed by atoms with E-state index in [1.807, 2.05) is 13.8 Å². The lowest BCUT2D eigenvalue weighted by atomic mass is 9.75. The van der Waals surface area contributed by atoms with Gasteiger partial charge in [0.1, 0.15) is 0 Å². The van der Waals surface area contributed by atoms with Crippen molar-refractivity contribution in [3.05, 3.63) is 0 Å². The lowest BCUT2D eigenvalue weighted by Crippen LogP contribution is -2.46. The van der Waals surface area contributed by atoms with Gasteiger partial charge in [-0.2, -0.15) is 0 Å². The van der Waals surface area contributed by atoms with Crippen LogP contribution < -0.4 is 0 Å². The molecule has 0 radical (unpaired) electrons. The SMILES string of the molecule is CCCN1CCCC(O)(C(C(=O)O)C(C)C)CC1. The normalized spacial score (nSPS) is 28.1. The Morgan fingerprint density at radius 1 is 1.33 bits per heavy atom. The van der Waals surface area contributed by atoms with Crippen molar-refractivity contribution in [2.45, 2.75) is 52.1 Å². The maximum absolute atomic E-state index is 11.4. The number of carboxylic acid groups (broad SMARTS) is 1. The first-order valence-corrected chi connectivity index (χ1v) is 7.08. The molecule has 1 aliphatic rings. The van der Waals surface area contributed by atoms with Crippen LogP contribution in [0.5, 0.6) is 0 Å². The second-order valence-corrected chi connectivity index (χ2v) is 5.86. The molecule has 106 valence electrons. The van der Waals surface area contributed by atoms with Crippen LogP contribution in [0.25, 0.3) is 0 Å². The zero-order chi connectivity index (χ0) is 13.8. The quantitative estimate of drug-likeness (QED) is 0.790. The van der Waals surface area contributed by atoms with Crippen molar-refractivity contribution in [1.29, 1.82) is 0 Å². The molecule has 0 aliphatic carbocycles. The molecule has 2 unspecified atom stereocenters. The molecule has 1 aliphatic heterocycles. The molecule has 0 aromatic carbocycles. The van der Waals surface area contributed by atoms with Crippen molar-refractivity contribution in [1.82, 2.24) is 4.90 Å². The molecule has 1 rings (SSSR count). The Morgan fingerprint density at radius 3 is 2.50 bits per heavy atom. The molecule has 1 heterocycles. The molecule has 2 atom stereocenters. The highest BCUT2D eigenvalue weighted by atomic mass is 16.4. The minimum Gasteiger partial charge on any atom is -0.481 e. The smallest absolute Gasteiger partial charge is 0.309 e. The van der Waals surface area contributed by atoms with Crippen LogP contribution in [-0.2, 0) is 4.79 Å². The van der Waals surface area contributed by atoms with Crippen LogP contribution in [-0.4, -0.2) is 46.3 Å². The molecule has 0 bridgehead atoms. The summed E-state index contributed by atoms with van der Waals surface area (Å²) in [6.07, 6.45) is 3.16. The van der Waals surface area contributed by atoms with Crippen molar-refractivity contribution in [3.63, 3.8) is 0 Å². The lowest BCUT2D eigenvalue weighted by molar-refractivity contribution is -0.156. The van der Waals surface area contributed by atoms with Crippen molar-refractivity contribution in [2.24, 2.45) is 11.8 Å². The Kier molecular flexibility index (Phi) is 5.60. The molecule has 0 aromatic rings. The predicted octanol–water partition coefficient (Wildman–Crippen LogP) is 1.97. The Bertz CT molecular complexity index is 280. The highest BCUT2D eigenvalue weighted by Gasteiger charge is 2.43. The van der Waals surface area contributed by atoms with Crippen molar-refractivity contribution in [2.75, 3.05) is 19.6 Å². The van der Waals surface area contributed by atoms with Gasteiger partial charge in [-0.25, -0.2) is 0 Å². The first-order chi connectivity index (χ1) is 8.40. The summed E-state index contributed by atoms with van der Waals surface area (Å²) in [6, 6.07) is 0. The van der Waals surface area contributed by atoms with E-state index in [4.69, 9.17) is 0 Å². The molecular weight excluding hydrogens is 230 g/mol. The van der Waals surface area contributed by atoms with Crippen molar-refractivity contribution < 1.29 is 15.0 Å². The van der Waals surface area contributed by atoms with Gasteiger partial charge in [-0.15, -0.1) is 0 Å². The summed E-state index contributed by atoms with van der Waals surface area (Å²) in [4.78, 5) is 13.7. The molecular formula is C14H27NO3. The fourth-order valence-electron chi connectivity index (χ4n) is 3.18. The zero-order valence-corrected chi connectivity index (χ0v) is 11.9. The van der Waals surface area contributed by atoms with Crippen molar-refractivity contribution >= 4 is 5.97 Å². The predicted molar refractivity (Wildman–Crippen MR) is 71.5 cm³/mol. The largest absolute Gasteiger partial charge is 0.481 e. The van der Waals surface area contributed by atoms with Crippen LogP contribution in [0.4, 0.5) is 0 Å². The van der Waals surface area contributed by atoms with E-state index < -0.39 is 17.5 Å². The first kappa shape index (κ1) is 15.4. The Morgan fingerprint density at radius 2 is 2.00 bits per heavy atom. The van der Waals surface area contributed by atoms with Crippen LogP contribution in [0, 0.1) is 11.8 Å². The summed E-state index contributed by atoms with van der Waals surface area (Å²) < 4.78 is 0. The summed E-state index contributed by atoms with van der Waals surface area (Å²) in [5.41, 5.74) is -1.04. The minimum absolute atomic E-state index is 0.0368. The summed E-state index contributed by atoms with van der Waals surface area (Å²) in [5, 5.41) is 20.1. The van der Waals surface area contributed by atoms with E-state index in [0.29, 0.717) is 12.8 Å². The molecule has 18 heavy (non-hydrogen) atoms. The molecule has 2 N–H and O–H groups in total. The summed E-state index contributed by atoms with van der Waals surface area (Å²) in [5.74, 6) is -1.55. The van der Waals surface area contributed by atoms with E-state index in [2.05, 4.69) is 11.8 Å². The van der Waals surface area contributed by atoms with Gasteiger partial charge in [0.25, 0.3) is 0 Å². The van der Waals surface area contributed by atoms with E-state index in [-0.39, 0.29) is 5.92 Å². The van der Waals surface area contributed by atoms with Crippen LogP contribution in [0.2, 0.25) is 0 Å². The lowest BCUT2D eigenvalue weighted by Gasteiger charge is -2.35. The number of hydrogen-bond donors (Lipinski definition) is 2. The molecule has 0 spiro atoms. The topological polar surface area (TPSA) is 60.8 Å². The molecule has 4 nitrogen and oxygen atoms in total. The number of hydrogen-bond acceptors (Lipinski definition) is 3. The maximum atomic E-state index is 11.4. The third-order valence-corrected chi connectivity index (χ3v) is 4.00. The van der Waals surface area contributed by atoms with E-state index in [9.17, 15) is 15.0 Å². The summed E-state index contributed by atoms with van der Waals surface area (Å²) >= 11 is 0. The minimum atomic E-state index is -1.04. The van der Waals surface area contributed by atoms with E-state index in [1.165, 1.54) is 0 Å². The molecule has 1 saturated heterocycles. The highest BCUT2D eigenvalue weighted by molar-refractivity contribution is 5.71. The van der Waals surface area contributed by atoms with Gasteiger partial charge in [-0.3, -0.25) is 4.79 Å². The average Bonchev–Trinajstić information content (AvgIpc) is 2.41. The van der Waals surface area contributed by atoms with Gasteiger partial charge in [0.15, 0.2) is 0 Å². The summed E-state index contributed by atoms with van der Waals surface area (Å²) in [6.45, 7) is 8.72. The number of carbonyl (C=O) groups is 1. The fourth-order valence-corrected chi connectivity index (χ4v) is 3.18. The van der Waals surface area contributed by atoms with E-state index in [0.717, 1.165) is 32.5 Å². The third-order valence-electron chi connectivity index (χ3n) is 4.00. The van der Waals surface area contributed by atoms with Gasteiger partial charge in [0.2, 0.25) is 0 Å². The average molecular weight is 257 g/mol. The Balaban J connectivity index is 2.76. The second kappa shape index (κ2) is 6.53. The van der Waals surface area contributed by atoms with Gasteiger partial charge in [0, 0.05) is 6.54 Å². The van der Waals surface area contributed by atoms with E-state index >= 15 is 0 Å². The number of likely N-dealkylation sites (tertiary alicyclic amines) is 1. The summed E-state index contributed by atoms with van der Waals surface area (Å²) in [7, 11) is 0. The van der Waals surface area contributed by atoms with Gasteiger partial charge in [0.05, 0.1) is 11.5 Å². The van der Waals surface area contributed by atoms with Gasteiger partial charge < -0.3 is 15.1 Å². The number of aliphatic carboxylic acids is 1. The molecule has 0 aromatic heterocycles. The number of aliphatic hydroxyl groups is 1. The second-order valence-electron chi connectivity index (χ2n) is 5.86. The van der Waals surface area contributed by atoms with Gasteiger partial charge in [-0.05, 0) is 44.7 Å². The zero-order valence-electron chi connectivity index (χ0n) is 11.9. The number of nitrogens with zero attached hydrogens (tertiary/aromatic N) is 1. The van der Waals surface area contributed by atoms with Crippen LogP contribution in [0.15, 0.2) is 0 Å². The Hall–Kier alpha value is -0.610. The number of carboxylic acids is 1. The maximum Gasteiger partial charge on any atom is 0.309 e. The standard InChI is InChI=1S/C14H27NO3/c1-4-8-15-9-5-6-14(18,7-10-15)12(11(2)3)13(16)17/h11-12,18H,4-10H2,1-3H3,(H,16,17). The third kappa shape index (κ3) is 3.69. The first-order valence-electron chi connectivity index (χ1n) is 7.08. The number of rotatable bonds is 5. The fraction of sp³-hybridized carbons (Fsp3) is 0.929. The van der Waals surface area contributed by atoms with Crippen molar-refractivity contribution in [3.8, 4) is 0 Å². The van der Waals surface area contributed by atoms with Crippen LogP contribution in [0.3, 0.4) is 0 Å². The molecule has 4 heteroatoms. The highest BCUT2D eigenvalue weighted by Crippen LogP contribution is 2.34. The van der Waals surface area contributed by atoms with E-state index in [1.54, 1.807) is 0 Å². The molecule has 1 fully saturated rings. The Labute approximate surface area is 110 Å². The molecule has 0 saturated carbocycles. The van der Waals surface area contributed by atoms with Gasteiger partial charge in [-0.1, -0.05) is 20.8 Å².